The molecule has 7 aromatic rings. The molecular weight excluding hydrogens is 977 g/mol. The fourth-order valence-electron chi connectivity index (χ4n) is 11.1. The molecule has 17 heteroatoms. The van der Waals surface area contributed by atoms with Gasteiger partial charge in [-0.05, 0) is 123 Å². The zero-order valence-corrected chi connectivity index (χ0v) is 47.8. The van der Waals surface area contributed by atoms with Gasteiger partial charge in [-0.25, -0.2) is 9.97 Å². The van der Waals surface area contributed by atoms with Gasteiger partial charge in [0.1, 0.15) is 35.6 Å². The molecule has 0 amide bonds. The molecule has 78 heavy (non-hydrogen) atoms. The molecule has 410 valence electrons. The van der Waals surface area contributed by atoms with Crippen molar-refractivity contribution in [2.75, 3.05) is 91.0 Å². The number of imidazole rings is 2. The largest absolute Gasteiger partial charge is 0.492 e. The number of fused-ring (bicyclic) bond motifs is 3. The lowest BCUT2D eigenvalue weighted by atomic mass is 9.86. The van der Waals surface area contributed by atoms with Crippen LogP contribution >= 0.6 is 0 Å². The van der Waals surface area contributed by atoms with Crippen LogP contribution < -0.4 is 30.1 Å². The summed E-state index contributed by atoms with van der Waals surface area (Å²) >= 11 is 0. The predicted molar refractivity (Wildman–Crippen MR) is 313 cm³/mol. The van der Waals surface area contributed by atoms with Crippen LogP contribution in [0, 0.1) is 13.8 Å². The van der Waals surface area contributed by atoms with Crippen molar-refractivity contribution in [3.63, 3.8) is 0 Å². The number of ether oxygens (including phenoxy) is 3. The fraction of sp³-hybridized carbons (Fsp3) is 0.475. The van der Waals surface area contributed by atoms with E-state index < -0.39 is 0 Å². The van der Waals surface area contributed by atoms with E-state index in [1.807, 2.05) is 12.7 Å². The Morgan fingerprint density at radius 3 is 1.85 bits per heavy atom. The summed E-state index contributed by atoms with van der Waals surface area (Å²) < 4.78 is 22.6. The second-order valence-corrected chi connectivity index (χ2v) is 24.4. The van der Waals surface area contributed by atoms with Gasteiger partial charge < -0.3 is 53.6 Å². The van der Waals surface area contributed by atoms with Crippen LogP contribution in [-0.2, 0) is 26.8 Å². The van der Waals surface area contributed by atoms with Crippen molar-refractivity contribution in [3.05, 3.63) is 119 Å². The second-order valence-electron chi connectivity index (χ2n) is 24.4. The quantitative estimate of drug-likeness (QED) is 0.113. The molecule has 2 unspecified atom stereocenters. The second kappa shape index (κ2) is 20.9. The molecule has 3 aromatic carbocycles. The Balaban J connectivity index is 0.777. The summed E-state index contributed by atoms with van der Waals surface area (Å²) in [6, 6.07) is 22.0. The highest BCUT2D eigenvalue weighted by atomic mass is 16.6. The lowest BCUT2D eigenvalue weighted by Gasteiger charge is -2.48. The number of rotatable bonds is 13. The van der Waals surface area contributed by atoms with Crippen molar-refractivity contribution in [1.29, 1.82) is 0 Å². The molecule has 11 rings (SSSR count). The molecule has 3 aliphatic heterocycles. The molecule has 2 N–H and O–H groups in total. The third kappa shape index (κ3) is 10.8. The number of piperazine rings is 2. The first-order valence-corrected chi connectivity index (χ1v) is 27.9. The van der Waals surface area contributed by atoms with Gasteiger partial charge in [0.25, 0.3) is 0 Å². The smallest absolute Gasteiger partial charge is 0.229 e. The zero-order chi connectivity index (χ0) is 54.7. The van der Waals surface area contributed by atoms with Crippen molar-refractivity contribution in [2.45, 2.75) is 124 Å². The van der Waals surface area contributed by atoms with Gasteiger partial charge in [0, 0.05) is 74.6 Å². The summed E-state index contributed by atoms with van der Waals surface area (Å²) in [6.07, 6.45) is 10.2. The number of hydrogen-bond acceptors (Lipinski definition) is 15. The normalized spacial score (nSPS) is 19.0. The van der Waals surface area contributed by atoms with Gasteiger partial charge in [-0.3, -0.25) is 0 Å². The summed E-state index contributed by atoms with van der Waals surface area (Å²) in [6.45, 7) is 34.3. The average Bonchev–Trinajstić information content (AvgIpc) is 4.18. The summed E-state index contributed by atoms with van der Waals surface area (Å²) in [7, 11) is 0. The maximum absolute atomic E-state index is 6.47. The molecule has 0 saturated carbocycles. The lowest BCUT2D eigenvalue weighted by Crippen LogP contribution is -2.60. The first-order chi connectivity index (χ1) is 37.3. The topological polar surface area (TPSA) is 152 Å². The summed E-state index contributed by atoms with van der Waals surface area (Å²) in [4.78, 5) is 39.9. The van der Waals surface area contributed by atoms with Gasteiger partial charge in [0.15, 0.2) is 22.9 Å². The molecule has 7 heterocycles. The van der Waals surface area contributed by atoms with Crippen LogP contribution in [-0.4, -0.2) is 127 Å². The number of aryl methyl sites for hydroxylation is 2. The van der Waals surface area contributed by atoms with Gasteiger partial charge >= 0.3 is 0 Å². The predicted octanol–water partition coefficient (Wildman–Crippen LogP) is 10.8. The van der Waals surface area contributed by atoms with Gasteiger partial charge in [0.2, 0.25) is 11.9 Å². The first-order valence-electron chi connectivity index (χ1n) is 27.9. The Bertz CT molecular complexity index is 3370. The van der Waals surface area contributed by atoms with Crippen molar-refractivity contribution in [3.8, 4) is 5.75 Å². The fourth-order valence-corrected chi connectivity index (χ4v) is 11.1. The monoisotopic (exact) mass is 1050 g/mol. The van der Waals surface area contributed by atoms with Gasteiger partial charge in [-0.2, -0.15) is 19.9 Å². The Hall–Kier alpha value is -7.24. The highest BCUT2D eigenvalue weighted by Gasteiger charge is 2.36. The van der Waals surface area contributed by atoms with Crippen LogP contribution in [0.2, 0.25) is 0 Å². The number of nitrogens with one attached hydrogen (secondary N) is 2. The highest BCUT2D eigenvalue weighted by molar-refractivity contribution is 5.88. The number of aromatic nitrogens is 8. The summed E-state index contributed by atoms with van der Waals surface area (Å²) in [5.74, 6) is 3.63. The molecule has 0 bridgehead atoms. The highest BCUT2D eigenvalue weighted by Crippen LogP contribution is 2.37. The van der Waals surface area contributed by atoms with Gasteiger partial charge in [0.05, 0.1) is 38.0 Å². The van der Waals surface area contributed by atoms with Crippen molar-refractivity contribution in [1.82, 2.24) is 43.9 Å². The molecule has 2 atom stereocenters. The third-order valence-electron chi connectivity index (χ3n) is 15.8. The summed E-state index contributed by atoms with van der Waals surface area (Å²) in [5, 5.41) is 7.50. The van der Waals surface area contributed by atoms with E-state index >= 15 is 0 Å². The Morgan fingerprint density at radius 2 is 1.23 bits per heavy atom. The SMILES string of the molecule is Cc1ccc(C(C)(C)C)cc1Nc1nc(N2CCN(C3=CC4OCCOC4C=C3)CC2)nc2ncn(CCOc3ccc(N4CCN(c5nc(Nc6cc(C(C)(C)C)ccc6C)c6c(ncn6C(C)C)n5)CC4(C)C)cc3)c12. The van der Waals surface area contributed by atoms with Crippen LogP contribution in [0.5, 0.6) is 5.75 Å². The number of benzene rings is 3. The van der Waals surface area contributed by atoms with E-state index in [0.717, 1.165) is 102 Å². The maximum atomic E-state index is 6.47. The number of allylic oxidation sites excluding steroid dienone is 1. The molecule has 17 nitrogen and oxygen atoms in total. The van der Waals surface area contributed by atoms with Crippen LogP contribution in [0.1, 0.15) is 97.5 Å². The minimum absolute atomic E-state index is 0.00732. The molecular formula is C61H78N14O3. The molecule has 4 aliphatic rings. The Morgan fingerprint density at radius 1 is 0.667 bits per heavy atom. The van der Waals surface area contributed by atoms with Crippen LogP contribution in [0.3, 0.4) is 0 Å². The van der Waals surface area contributed by atoms with Crippen LogP contribution in [0.15, 0.2) is 97.2 Å². The first kappa shape index (κ1) is 52.8. The lowest BCUT2D eigenvalue weighted by molar-refractivity contribution is -0.103. The molecule has 3 fully saturated rings. The average molecular weight is 1060 g/mol. The zero-order valence-electron chi connectivity index (χ0n) is 47.8. The van der Waals surface area contributed by atoms with E-state index in [2.05, 4.69) is 201 Å². The van der Waals surface area contributed by atoms with Crippen LogP contribution in [0.4, 0.5) is 40.6 Å². The summed E-state index contributed by atoms with van der Waals surface area (Å²) in [5.41, 5.74) is 12.0. The standard InChI is InChI=1S/C61H78N14O3/c1-39(2)74-38-63-54-52(74)56(65-48-34-43(60(8,9)10)16-14-41(48)4)69-58(67-54)72-27-28-75(61(11,12)36-72)44-17-20-46(21-18-44)76-30-29-73-37-62-53-51(73)55(64-47-33-42(59(5,6)7)15-13-40(47)3)68-57(66-53)71-25-23-70(24-26-71)45-19-22-49-50(35-45)78-32-31-77-49/h13-22,33-35,37-39,49-50H,23-32,36H2,1-12H3,(H,64,66,68)(H,65,67,69). The molecule has 0 radical (unpaired) electrons. The third-order valence-corrected chi connectivity index (χ3v) is 15.8. The van der Waals surface area contributed by atoms with E-state index in [0.29, 0.717) is 49.6 Å². The molecule has 0 spiro atoms. The number of hydrogen-bond donors (Lipinski definition) is 2. The van der Waals surface area contributed by atoms with Crippen molar-refractivity contribution >= 4 is 62.9 Å². The Kier molecular flexibility index (Phi) is 14.1. The minimum Gasteiger partial charge on any atom is -0.492 e. The maximum Gasteiger partial charge on any atom is 0.229 e. The van der Waals surface area contributed by atoms with E-state index in [1.165, 1.54) is 16.8 Å². The van der Waals surface area contributed by atoms with E-state index in [9.17, 15) is 0 Å². The number of nitrogens with zero attached hydrogens (tertiary/aromatic N) is 12. The molecule has 4 aromatic heterocycles. The van der Waals surface area contributed by atoms with E-state index in [1.54, 1.807) is 0 Å². The van der Waals surface area contributed by atoms with Gasteiger partial charge in [-0.15, -0.1) is 0 Å². The minimum atomic E-state index is -0.242. The van der Waals surface area contributed by atoms with Gasteiger partial charge in [-0.1, -0.05) is 71.9 Å². The van der Waals surface area contributed by atoms with Crippen LogP contribution in [0.25, 0.3) is 22.3 Å². The van der Waals surface area contributed by atoms with E-state index in [4.69, 9.17) is 44.1 Å². The van der Waals surface area contributed by atoms with E-state index in [-0.39, 0.29) is 34.6 Å². The molecule has 3 saturated heterocycles. The number of anilines is 7. The van der Waals surface area contributed by atoms with Crippen molar-refractivity contribution in [2.24, 2.45) is 0 Å². The Labute approximate surface area is 459 Å². The van der Waals surface area contributed by atoms with Crippen molar-refractivity contribution < 1.29 is 14.2 Å². The molecule has 1 aliphatic carbocycles.